The van der Waals surface area contributed by atoms with Crippen LogP contribution in [0.4, 0.5) is 0 Å². The average Bonchev–Trinajstić information content (AvgIpc) is 3.17. The van der Waals surface area contributed by atoms with Gasteiger partial charge in [0.05, 0.1) is 22.7 Å². The molecule has 0 fully saturated rings. The Morgan fingerprint density at radius 1 is 0.969 bits per heavy atom. The van der Waals surface area contributed by atoms with E-state index in [0.717, 1.165) is 0 Å². The topological polar surface area (TPSA) is 74.2 Å². The number of carbonyl (C=O) groups is 2. The summed E-state index contributed by atoms with van der Waals surface area (Å²) in [6.07, 6.45) is 1.54. The number of ether oxygens (including phenoxy) is 3. The van der Waals surface area contributed by atoms with E-state index in [1.54, 1.807) is 60.7 Å². The molecule has 0 unspecified atom stereocenters. The third kappa shape index (κ3) is 4.66. The van der Waals surface area contributed by atoms with E-state index < -0.39 is 11.9 Å². The van der Waals surface area contributed by atoms with Gasteiger partial charge in [0.15, 0.2) is 17.2 Å². The van der Waals surface area contributed by atoms with Gasteiger partial charge in [0.2, 0.25) is 5.90 Å². The van der Waals surface area contributed by atoms with Gasteiger partial charge in [-0.2, -0.15) is 0 Å². The molecular formula is C24H15Cl2NO5. The van der Waals surface area contributed by atoms with E-state index >= 15 is 0 Å². The van der Waals surface area contributed by atoms with Crippen LogP contribution in [0.15, 0.2) is 77.4 Å². The fourth-order valence-corrected chi connectivity index (χ4v) is 3.21. The lowest BCUT2D eigenvalue weighted by Crippen LogP contribution is -2.09. The van der Waals surface area contributed by atoms with Crippen LogP contribution in [0, 0.1) is 0 Å². The molecule has 4 rings (SSSR count). The highest BCUT2D eigenvalue weighted by atomic mass is 35.5. The summed E-state index contributed by atoms with van der Waals surface area (Å²) in [6, 6.07) is 18.3. The number of methoxy groups -OCH3 is 1. The number of aliphatic imine (C=N–C) groups is 1. The van der Waals surface area contributed by atoms with Crippen molar-refractivity contribution in [2.75, 3.05) is 7.11 Å². The fraction of sp³-hybridized carbons (Fsp3) is 0.0417. The van der Waals surface area contributed by atoms with Gasteiger partial charge in [0.25, 0.3) is 0 Å². The molecule has 160 valence electrons. The van der Waals surface area contributed by atoms with Crippen molar-refractivity contribution in [1.29, 1.82) is 0 Å². The lowest BCUT2D eigenvalue weighted by atomic mass is 10.1. The van der Waals surface area contributed by atoms with E-state index in [9.17, 15) is 9.59 Å². The highest BCUT2D eigenvalue weighted by Crippen LogP contribution is 2.31. The Bertz CT molecular complexity index is 1270. The zero-order valence-electron chi connectivity index (χ0n) is 16.7. The molecule has 1 heterocycles. The Kier molecular flexibility index (Phi) is 6.25. The predicted octanol–water partition coefficient (Wildman–Crippen LogP) is 5.57. The van der Waals surface area contributed by atoms with Crippen LogP contribution in [-0.4, -0.2) is 24.9 Å². The van der Waals surface area contributed by atoms with Crippen LogP contribution >= 0.6 is 23.2 Å². The third-order valence-corrected chi connectivity index (χ3v) is 5.23. The lowest BCUT2D eigenvalue weighted by Gasteiger charge is -2.10. The molecule has 0 amide bonds. The van der Waals surface area contributed by atoms with Crippen molar-refractivity contribution in [3.8, 4) is 11.5 Å². The number of halogens is 2. The van der Waals surface area contributed by atoms with Crippen molar-refractivity contribution in [3.63, 3.8) is 0 Å². The molecule has 0 saturated carbocycles. The average molecular weight is 468 g/mol. The minimum Gasteiger partial charge on any atom is -0.493 e. The zero-order chi connectivity index (χ0) is 22.7. The van der Waals surface area contributed by atoms with Crippen LogP contribution in [0.25, 0.3) is 6.08 Å². The molecule has 0 aliphatic carbocycles. The molecule has 0 saturated heterocycles. The van der Waals surface area contributed by atoms with Gasteiger partial charge in [-0.05, 0) is 54.1 Å². The summed E-state index contributed by atoms with van der Waals surface area (Å²) in [5, 5.41) is 0.710. The second-order valence-electron chi connectivity index (χ2n) is 6.63. The number of hydrogen-bond donors (Lipinski definition) is 0. The summed E-state index contributed by atoms with van der Waals surface area (Å²) >= 11 is 12.0. The molecule has 0 N–H and O–H groups in total. The maximum atomic E-state index is 12.3. The summed E-state index contributed by atoms with van der Waals surface area (Å²) in [6.45, 7) is 0. The quantitative estimate of drug-likeness (QED) is 0.278. The number of carbonyl (C=O) groups excluding carboxylic acids is 2. The van der Waals surface area contributed by atoms with Gasteiger partial charge in [-0.15, -0.1) is 0 Å². The predicted molar refractivity (Wildman–Crippen MR) is 121 cm³/mol. The third-order valence-electron chi connectivity index (χ3n) is 4.49. The second kappa shape index (κ2) is 9.26. The monoisotopic (exact) mass is 467 g/mol. The standard InChI is InChI=1S/C24H15Cl2NO5/c1-30-21-12-14(7-10-20(21)31-23(28)15-5-3-2-4-6-15)11-19-24(29)32-22(27-19)16-8-9-17(25)18(26)13-16/h2-13H,1H3. The maximum Gasteiger partial charge on any atom is 0.363 e. The Labute approximate surface area is 193 Å². The number of benzene rings is 3. The van der Waals surface area contributed by atoms with Crippen molar-refractivity contribution in [3.05, 3.63) is 99.2 Å². The van der Waals surface area contributed by atoms with Crippen molar-refractivity contribution >= 4 is 47.1 Å². The normalized spacial score (nSPS) is 14.2. The minimum atomic E-state index is -0.607. The first-order chi connectivity index (χ1) is 15.4. The molecule has 0 atom stereocenters. The molecule has 0 spiro atoms. The summed E-state index contributed by atoms with van der Waals surface area (Å²) in [4.78, 5) is 28.8. The molecule has 1 aliphatic heterocycles. The number of nitrogens with zero attached hydrogens (tertiary/aromatic N) is 1. The van der Waals surface area contributed by atoms with Crippen molar-refractivity contribution < 1.29 is 23.8 Å². The fourth-order valence-electron chi connectivity index (χ4n) is 2.91. The van der Waals surface area contributed by atoms with Crippen LogP contribution in [0.5, 0.6) is 11.5 Å². The first kappa shape index (κ1) is 21.6. The van der Waals surface area contributed by atoms with E-state index in [1.165, 1.54) is 13.2 Å². The molecule has 3 aromatic carbocycles. The smallest absolute Gasteiger partial charge is 0.363 e. The van der Waals surface area contributed by atoms with E-state index in [-0.39, 0.29) is 17.3 Å². The summed E-state index contributed by atoms with van der Waals surface area (Å²) in [7, 11) is 1.45. The highest BCUT2D eigenvalue weighted by Gasteiger charge is 2.25. The Hall–Kier alpha value is -3.61. The number of esters is 2. The highest BCUT2D eigenvalue weighted by molar-refractivity contribution is 6.42. The molecule has 8 heteroatoms. The Morgan fingerprint density at radius 2 is 1.75 bits per heavy atom. The van der Waals surface area contributed by atoms with Gasteiger partial charge in [-0.25, -0.2) is 14.6 Å². The maximum absolute atomic E-state index is 12.3. The van der Waals surface area contributed by atoms with E-state index in [4.69, 9.17) is 37.4 Å². The number of hydrogen-bond acceptors (Lipinski definition) is 6. The summed E-state index contributed by atoms with van der Waals surface area (Å²) in [5.74, 6) is -0.420. The lowest BCUT2D eigenvalue weighted by molar-refractivity contribution is -0.129. The SMILES string of the molecule is COc1cc(C=C2N=C(c3ccc(Cl)c(Cl)c3)OC2=O)ccc1OC(=O)c1ccccc1. The molecule has 0 radical (unpaired) electrons. The minimum absolute atomic E-state index is 0.0992. The van der Waals surface area contributed by atoms with Gasteiger partial charge < -0.3 is 14.2 Å². The van der Waals surface area contributed by atoms with Gasteiger partial charge in [-0.3, -0.25) is 0 Å². The van der Waals surface area contributed by atoms with Gasteiger partial charge >= 0.3 is 11.9 Å². The van der Waals surface area contributed by atoms with Crippen LogP contribution in [-0.2, 0) is 9.53 Å². The van der Waals surface area contributed by atoms with E-state index in [2.05, 4.69) is 4.99 Å². The molecule has 6 nitrogen and oxygen atoms in total. The molecule has 3 aromatic rings. The molecule has 1 aliphatic rings. The van der Waals surface area contributed by atoms with Gasteiger partial charge in [0, 0.05) is 5.56 Å². The van der Waals surface area contributed by atoms with Crippen LogP contribution in [0.2, 0.25) is 10.0 Å². The molecule has 32 heavy (non-hydrogen) atoms. The zero-order valence-corrected chi connectivity index (χ0v) is 18.2. The Morgan fingerprint density at radius 3 is 2.47 bits per heavy atom. The number of cyclic esters (lactones) is 1. The van der Waals surface area contributed by atoms with Gasteiger partial charge in [-0.1, -0.05) is 47.5 Å². The molecule has 0 bridgehead atoms. The van der Waals surface area contributed by atoms with Crippen molar-refractivity contribution in [2.45, 2.75) is 0 Å². The summed E-state index contributed by atoms with van der Waals surface area (Å²) < 4.78 is 16.0. The van der Waals surface area contributed by atoms with E-state index in [1.807, 2.05) is 6.07 Å². The second-order valence-corrected chi connectivity index (χ2v) is 7.45. The van der Waals surface area contributed by atoms with Crippen LogP contribution in [0.3, 0.4) is 0 Å². The van der Waals surface area contributed by atoms with E-state index in [0.29, 0.717) is 32.5 Å². The van der Waals surface area contributed by atoms with Crippen molar-refractivity contribution in [1.82, 2.24) is 0 Å². The van der Waals surface area contributed by atoms with Crippen LogP contribution < -0.4 is 9.47 Å². The molecular weight excluding hydrogens is 453 g/mol. The molecule has 0 aromatic heterocycles. The van der Waals surface area contributed by atoms with Gasteiger partial charge in [0.1, 0.15) is 0 Å². The number of rotatable bonds is 5. The van der Waals surface area contributed by atoms with Crippen LogP contribution in [0.1, 0.15) is 21.5 Å². The Balaban J connectivity index is 1.58. The first-order valence-electron chi connectivity index (χ1n) is 9.38. The largest absolute Gasteiger partial charge is 0.493 e. The van der Waals surface area contributed by atoms with Crippen molar-refractivity contribution in [2.24, 2.45) is 4.99 Å². The summed E-state index contributed by atoms with van der Waals surface area (Å²) in [5.41, 5.74) is 1.64. The first-order valence-corrected chi connectivity index (χ1v) is 10.1.